The molecule has 0 radical (unpaired) electrons. The number of rotatable bonds is 3. The molecule has 1 aromatic rings. The van der Waals surface area contributed by atoms with Crippen molar-refractivity contribution in [1.29, 1.82) is 0 Å². The Morgan fingerprint density at radius 1 is 1.33 bits per heavy atom. The zero-order chi connectivity index (χ0) is 13.3. The Morgan fingerprint density at radius 2 is 1.94 bits per heavy atom. The van der Waals surface area contributed by atoms with Crippen LogP contribution in [0.5, 0.6) is 5.75 Å². The minimum absolute atomic E-state index is 0.0646. The second-order valence-electron chi connectivity index (χ2n) is 4.12. The first-order valence-electron chi connectivity index (χ1n) is 5.38. The highest BCUT2D eigenvalue weighted by Crippen LogP contribution is 2.25. The second-order valence-corrected chi connectivity index (χ2v) is 5.96. The number of hydrogen-bond donors (Lipinski definition) is 1. The van der Waals surface area contributed by atoms with Gasteiger partial charge in [-0.3, -0.25) is 4.79 Å². The number of hydrogen-bond acceptors (Lipinski definition) is 4. The molecule has 2 N–H and O–H groups in total. The number of methoxy groups -OCH3 is 1. The first kappa shape index (κ1) is 12.8. The van der Waals surface area contributed by atoms with Crippen molar-refractivity contribution in [2.75, 3.05) is 18.6 Å². The third-order valence-electron chi connectivity index (χ3n) is 2.94. The van der Waals surface area contributed by atoms with Gasteiger partial charge in [-0.05, 0) is 24.3 Å². The third kappa shape index (κ3) is 2.46. The number of benzene rings is 1. The minimum Gasteiger partial charge on any atom is -0.497 e. The van der Waals surface area contributed by atoms with Gasteiger partial charge < -0.3 is 9.64 Å². The number of amides is 1. The Labute approximate surface area is 105 Å². The summed E-state index contributed by atoms with van der Waals surface area (Å²) in [5.74, 6) is 0.438. The minimum atomic E-state index is -3.68. The first-order valence-corrected chi connectivity index (χ1v) is 6.99. The van der Waals surface area contributed by atoms with E-state index >= 15 is 0 Å². The van der Waals surface area contributed by atoms with E-state index in [0.717, 1.165) is 0 Å². The van der Waals surface area contributed by atoms with E-state index in [2.05, 4.69) is 0 Å². The maximum Gasteiger partial charge on any atom is 0.228 e. The molecule has 1 heterocycles. The molecule has 18 heavy (non-hydrogen) atoms. The Hall–Kier alpha value is -1.60. The Bertz CT molecular complexity index is 553. The molecule has 0 spiro atoms. The number of carbonyl (C=O) groups is 1. The maximum absolute atomic E-state index is 11.8. The van der Waals surface area contributed by atoms with E-state index in [0.29, 0.717) is 11.4 Å². The van der Waals surface area contributed by atoms with Gasteiger partial charge in [0, 0.05) is 18.7 Å². The molecule has 0 aliphatic carbocycles. The van der Waals surface area contributed by atoms with Crippen LogP contribution in [0.4, 0.5) is 5.69 Å². The molecular weight excluding hydrogens is 256 g/mol. The van der Waals surface area contributed by atoms with Gasteiger partial charge in [-0.1, -0.05) is 0 Å². The maximum atomic E-state index is 11.8. The van der Waals surface area contributed by atoms with Crippen LogP contribution in [0.3, 0.4) is 0 Å². The standard InChI is InChI=1S/C11H14N2O4S/c1-17-9-4-2-8(3-5-9)13-7-10(6-11(13)14)18(12,15)16/h2-5,10H,6-7H2,1H3,(H2,12,15,16). The first-order chi connectivity index (χ1) is 8.41. The lowest BCUT2D eigenvalue weighted by molar-refractivity contribution is -0.117. The summed E-state index contributed by atoms with van der Waals surface area (Å²) in [6, 6.07) is 6.85. The highest BCUT2D eigenvalue weighted by molar-refractivity contribution is 7.89. The Balaban J connectivity index is 2.21. The van der Waals surface area contributed by atoms with E-state index in [1.807, 2.05) is 0 Å². The van der Waals surface area contributed by atoms with E-state index in [1.165, 1.54) is 4.90 Å². The monoisotopic (exact) mass is 270 g/mol. The van der Waals surface area contributed by atoms with Crippen LogP contribution in [-0.4, -0.2) is 33.2 Å². The van der Waals surface area contributed by atoms with Crippen molar-refractivity contribution in [2.45, 2.75) is 11.7 Å². The van der Waals surface area contributed by atoms with Gasteiger partial charge in [0.15, 0.2) is 0 Å². The normalized spacial score (nSPS) is 20.2. The SMILES string of the molecule is COc1ccc(N2CC(S(N)(=O)=O)CC2=O)cc1. The van der Waals surface area contributed by atoms with Crippen LogP contribution in [0.1, 0.15) is 6.42 Å². The lowest BCUT2D eigenvalue weighted by Crippen LogP contribution is -2.32. The Morgan fingerprint density at radius 3 is 2.39 bits per heavy atom. The van der Waals surface area contributed by atoms with Crippen molar-refractivity contribution in [1.82, 2.24) is 0 Å². The molecule has 1 amide bonds. The fourth-order valence-corrected chi connectivity index (χ4v) is 2.64. The lowest BCUT2D eigenvalue weighted by atomic mass is 10.3. The van der Waals surface area contributed by atoms with Gasteiger partial charge in [0.2, 0.25) is 15.9 Å². The average molecular weight is 270 g/mol. The highest BCUT2D eigenvalue weighted by Gasteiger charge is 2.37. The van der Waals surface area contributed by atoms with Crippen LogP contribution >= 0.6 is 0 Å². The summed E-state index contributed by atoms with van der Waals surface area (Å²) < 4.78 is 27.5. The summed E-state index contributed by atoms with van der Waals surface area (Å²) in [6.07, 6.45) is -0.0646. The molecule has 0 bridgehead atoms. The number of nitrogens with zero attached hydrogens (tertiary/aromatic N) is 1. The molecule has 1 atom stereocenters. The predicted molar refractivity (Wildman–Crippen MR) is 66.9 cm³/mol. The van der Waals surface area contributed by atoms with E-state index in [1.54, 1.807) is 31.4 Å². The van der Waals surface area contributed by atoms with Gasteiger partial charge in [0.1, 0.15) is 11.0 Å². The summed E-state index contributed by atoms with van der Waals surface area (Å²) in [6.45, 7) is 0.101. The fraction of sp³-hybridized carbons (Fsp3) is 0.364. The zero-order valence-electron chi connectivity index (χ0n) is 9.87. The molecular formula is C11H14N2O4S. The molecule has 7 heteroatoms. The number of nitrogens with two attached hydrogens (primary N) is 1. The van der Waals surface area contributed by atoms with Gasteiger partial charge in [-0.2, -0.15) is 0 Å². The summed E-state index contributed by atoms with van der Waals surface area (Å²) in [5.41, 5.74) is 0.645. The van der Waals surface area contributed by atoms with Crippen molar-refractivity contribution in [2.24, 2.45) is 5.14 Å². The summed E-state index contributed by atoms with van der Waals surface area (Å²) in [4.78, 5) is 13.2. The lowest BCUT2D eigenvalue weighted by Gasteiger charge is -2.16. The van der Waals surface area contributed by atoms with E-state index < -0.39 is 15.3 Å². The van der Waals surface area contributed by atoms with Gasteiger partial charge >= 0.3 is 0 Å². The number of primary sulfonamides is 1. The Kier molecular flexibility index (Phi) is 3.27. The molecule has 6 nitrogen and oxygen atoms in total. The topological polar surface area (TPSA) is 89.7 Å². The van der Waals surface area contributed by atoms with Crippen LogP contribution in [0.2, 0.25) is 0 Å². The van der Waals surface area contributed by atoms with Gasteiger partial charge in [-0.25, -0.2) is 13.6 Å². The van der Waals surface area contributed by atoms with Gasteiger partial charge in [-0.15, -0.1) is 0 Å². The summed E-state index contributed by atoms with van der Waals surface area (Å²) in [7, 11) is -2.13. The fourth-order valence-electron chi connectivity index (χ4n) is 1.91. The zero-order valence-corrected chi connectivity index (χ0v) is 10.7. The van der Waals surface area contributed by atoms with Crippen LogP contribution in [-0.2, 0) is 14.8 Å². The molecule has 1 aliphatic heterocycles. The number of sulfonamides is 1. The van der Waals surface area contributed by atoms with Crippen LogP contribution in [0, 0.1) is 0 Å². The molecule has 1 aromatic carbocycles. The van der Waals surface area contributed by atoms with Crippen molar-refractivity contribution >= 4 is 21.6 Å². The summed E-state index contributed by atoms with van der Waals surface area (Å²) in [5, 5.41) is 4.24. The molecule has 0 aromatic heterocycles. The molecule has 1 aliphatic rings. The van der Waals surface area contributed by atoms with E-state index in [4.69, 9.17) is 9.88 Å². The predicted octanol–water partition coefficient (Wildman–Crippen LogP) is 0.0890. The van der Waals surface area contributed by atoms with E-state index in [9.17, 15) is 13.2 Å². The van der Waals surface area contributed by atoms with Gasteiger partial charge in [0.25, 0.3) is 0 Å². The molecule has 1 unspecified atom stereocenters. The van der Waals surface area contributed by atoms with E-state index in [-0.39, 0.29) is 18.9 Å². The largest absolute Gasteiger partial charge is 0.497 e. The van der Waals surface area contributed by atoms with Crippen molar-refractivity contribution < 1.29 is 17.9 Å². The molecule has 1 saturated heterocycles. The molecule has 98 valence electrons. The molecule has 1 fully saturated rings. The van der Waals surface area contributed by atoms with Crippen molar-refractivity contribution in [3.63, 3.8) is 0 Å². The summed E-state index contributed by atoms with van der Waals surface area (Å²) >= 11 is 0. The average Bonchev–Trinajstić information content (AvgIpc) is 2.71. The number of ether oxygens (including phenoxy) is 1. The number of carbonyl (C=O) groups excluding carboxylic acids is 1. The van der Waals surface area contributed by atoms with Crippen molar-refractivity contribution in [3.8, 4) is 5.75 Å². The third-order valence-corrected chi connectivity index (χ3v) is 4.18. The molecule has 0 saturated carbocycles. The highest BCUT2D eigenvalue weighted by atomic mass is 32.2. The van der Waals surface area contributed by atoms with Crippen LogP contribution in [0.15, 0.2) is 24.3 Å². The molecule has 2 rings (SSSR count). The quantitative estimate of drug-likeness (QED) is 0.842. The smallest absolute Gasteiger partial charge is 0.228 e. The number of anilines is 1. The second kappa shape index (κ2) is 4.58. The van der Waals surface area contributed by atoms with Crippen LogP contribution < -0.4 is 14.8 Å². The van der Waals surface area contributed by atoms with Crippen molar-refractivity contribution in [3.05, 3.63) is 24.3 Å². The van der Waals surface area contributed by atoms with Crippen LogP contribution in [0.25, 0.3) is 0 Å². The van der Waals surface area contributed by atoms with Gasteiger partial charge in [0.05, 0.1) is 7.11 Å².